The van der Waals surface area contributed by atoms with Gasteiger partial charge in [0.25, 0.3) is 5.91 Å². The van der Waals surface area contributed by atoms with Gasteiger partial charge in [0.2, 0.25) is 0 Å². The highest BCUT2D eigenvalue weighted by atomic mass is 16.3. The Balaban J connectivity index is 1.48. The fourth-order valence-corrected chi connectivity index (χ4v) is 4.76. The minimum atomic E-state index is -0.184. The van der Waals surface area contributed by atoms with Crippen molar-refractivity contribution in [1.82, 2.24) is 10.3 Å². The number of para-hydroxylation sites is 1. The number of hydrogen-bond acceptors (Lipinski definition) is 2. The molecule has 160 valence electrons. The highest BCUT2D eigenvalue weighted by Gasteiger charge is 2.23. The molecule has 3 aromatic carbocycles. The lowest BCUT2D eigenvalue weighted by molar-refractivity contribution is 0.0926. The van der Waals surface area contributed by atoms with E-state index in [-0.39, 0.29) is 11.8 Å². The number of amides is 1. The number of H-pyrrole nitrogens is 1. The Morgan fingerprint density at radius 2 is 1.75 bits per heavy atom. The summed E-state index contributed by atoms with van der Waals surface area (Å²) in [5.41, 5.74) is 7.32. The first-order valence-corrected chi connectivity index (χ1v) is 10.9. The van der Waals surface area contributed by atoms with Crippen molar-refractivity contribution in [1.29, 1.82) is 0 Å². The van der Waals surface area contributed by atoms with E-state index in [9.17, 15) is 4.79 Å². The largest absolute Gasteiger partial charge is 0.451 e. The van der Waals surface area contributed by atoms with Crippen molar-refractivity contribution in [3.63, 3.8) is 0 Å². The summed E-state index contributed by atoms with van der Waals surface area (Å²) in [7, 11) is 0. The fourth-order valence-electron chi connectivity index (χ4n) is 4.76. The van der Waals surface area contributed by atoms with Crippen LogP contribution in [0, 0.1) is 20.8 Å². The zero-order chi connectivity index (χ0) is 22.2. The zero-order valence-electron chi connectivity index (χ0n) is 18.5. The zero-order valence-corrected chi connectivity index (χ0v) is 18.5. The molecule has 0 saturated heterocycles. The van der Waals surface area contributed by atoms with Crippen LogP contribution in [0.15, 0.2) is 77.3 Å². The van der Waals surface area contributed by atoms with E-state index in [0.717, 1.165) is 38.7 Å². The number of hydrogen-bond donors (Lipinski definition) is 2. The van der Waals surface area contributed by atoms with Gasteiger partial charge in [-0.1, -0.05) is 54.6 Å². The molecule has 2 N–H and O–H groups in total. The molecule has 0 spiro atoms. The Kier molecular flexibility index (Phi) is 5.06. The number of aromatic nitrogens is 1. The number of carbonyl (C=O) groups excluding carboxylic acids is 1. The van der Waals surface area contributed by atoms with Gasteiger partial charge in [-0.3, -0.25) is 4.79 Å². The molecular weight excluding hydrogens is 396 g/mol. The van der Waals surface area contributed by atoms with E-state index < -0.39 is 0 Å². The van der Waals surface area contributed by atoms with Crippen molar-refractivity contribution < 1.29 is 9.21 Å². The molecule has 5 rings (SSSR count). The number of fused-ring (bicyclic) bond motifs is 2. The van der Waals surface area contributed by atoms with Crippen molar-refractivity contribution in [2.75, 3.05) is 6.54 Å². The van der Waals surface area contributed by atoms with Crippen LogP contribution in [0.1, 0.15) is 44.3 Å². The standard InChI is InChI=1S/C28H26N2O2/c1-17-13-18(2)26-19(3)27(32-25(26)14-17)28(31)30-15-22(20-9-5-4-6-10-20)23-16-29-24-12-8-7-11-21(23)24/h4-14,16,22,29H,15H2,1-3H3,(H,30,31)/t22-/m0/s1. The first-order chi connectivity index (χ1) is 15.5. The Morgan fingerprint density at radius 1 is 1.00 bits per heavy atom. The van der Waals surface area contributed by atoms with E-state index >= 15 is 0 Å². The summed E-state index contributed by atoms with van der Waals surface area (Å²) < 4.78 is 6.00. The molecule has 4 heteroatoms. The van der Waals surface area contributed by atoms with Crippen LogP contribution < -0.4 is 5.32 Å². The molecule has 0 radical (unpaired) electrons. The van der Waals surface area contributed by atoms with Gasteiger partial charge in [-0.15, -0.1) is 0 Å². The average molecular weight is 423 g/mol. The number of carbonyl (C=O) groups is 1. The molecule has 0 bridgehead atoms. The molecule has 0 aliphatic carbocycles. The number of nitrogens with one attached hydrogen (secondary N) is 2. The summed E-state index contributed by atoms with van der Waals surface area (Å²) in [6.45, 7) is 6.52. The molecule has 0 unspecified atom stereocenters. The van der Waals surface area contributed by atoms with E-state index in [4.69, 9.17) is 4.42 Å². The maximum absolute atomic E-state index is 13.2. The van der Waals surface area contributed by atoms with Crippen molar-refractivity contribution in [3.05, 3.63) is 107 Å². The second-order valence-corrected chi connectivity index (χ2v) is 8.47. The average Bonchev–Trinajstić information content (AvgIpc) is 3.36. The first kappa shape index (κ1) is 20.1. The molecule has 0 aliphatic rings. The highest BCUT2D eigenvalue weighted by molar-refractivity contribution is 6.00. The van der Waals surface area contributed by atoms with Gasteiger partial charge in [0.15, 0.2) is 5.76 Å². The molecule has 5 aromatic rings. The Morgan fingerprint density at radius 3 is 2.56 bits per heavy atom. The van der Waals surface area contributed by atoms with Crippen LogP contribution in [-0.4, -0.2) is 17.4 Å². The molecule has 1 amide bonds. The number of aromatic amines is 1. The fraction of sp³-hybridized carbons (Fsp3) is 0.179. The summed E-state index contributed by atoms with van der Waals surface area (Å²) in [5, 5.41) is 5.33. The van der Waals surface area contributed by atoms with Crippen LogP contribution >= 0.6 is 0 Å². The molecule has 0 saturated carbocycles. The van der Waals surface area contributed by atoms with Gasteiger partial charge in [0.05, 0.1) is 0 Å². The Labute approximate surface area is 187 Å². The van der Waals surface area contributed by atoms with E-state index in [2.05, 4.69) is 47.6 Å². The van der Waals surface area contributed by atoms with Crippen molar-refractivity contribution in [2.45, 2.75) is 26.7 Å². The highest BCUT2D eigenvalue weighted by Crippen LogP contribution is 2.32. The number of aryl methyl sites for hydroxylation is 3. The van der Waals surface area contributed by atoms with Crippen LogP contribution in [0.25, 0.3) is 21.9 Å². The number of furan rings is 1. The number of rotatable bonds is 5. The second kappa shape index (κ2) is 8.04. The van der Waals surface area contributed by atoms with Crippen LogP contribution in [0.3, 0.4) is 0 Å². The van der Waals surface area contributed by atoms with E-state index in [1.165, 1.54) is 10.9 Å². The molecular formula is C28H26N2O2. The van der Waals surface area contributed by atoms with Crippen LogP contribution in [0.5, 0.6) is 0 Å². The SMILES string of the molecule is Cc1cc(C)c2c(C)c(C(=O)NC[C@@H](c3ccccc3)c3c[nH]c4ccccc34)oc2c1. The van der Waals surface area contributed by atoms with Crippen LogP contribution in [0.4, 0.5) is 0 Å². The summed E-state index contributed by atoms with van der Waals surface area (Å²) in [6, 6.07) is 22.7. The summed E-state index contributed by atoms with van der Waals surface area (Å²) in [6.07, 6.45) is 2.05. The van der Waals surface area contributed by atoms with E-state index in [1.807, 2.05) is 56.4 Å². The predicted molar refractivity (Wildman–Crippen MR) is 129 cm³/mol. The smallest absolute Gasteiger partial charge is 0.287 e. The van der Waals surface area contributed by atoms with Crippen LogP contribution in [-0.2, 0) is 0 Å². The molecule has 32 heavy (non-hydrogen) atoms. The summed E-state index contributed by atoms with van der Waals surface area (Å²) >= 11 is 0. The molecule has 2 heterocycles. The van der Waals surface area contributed by atoms with Gasteiger partial charge in [-0.05, 0) is 55.2 Å². The van der Waals surface area contributed by atoms with Gasteiger partial charge in [0.1, 0.15) is 5.58 Å². The Bertz CT molecular complexity index is 1430. The third kappa shape index (κ3) is 3.48. The molecule has 0 aliphatic heterocycles. The van der Waals surface area contributed by atoms with Gasteiger partial charge < -0.3 is 14.7 Å². The predicted octanol–water partition coefficient (Wildman–Crippen LogP) is 6.40. The van der Waals surface area contributed by atoms with Crippen LogP contribution in [0.2, 0.25) is 0 Å². The van der Waals surface area contributed by atoms with E-state index in [0.29, 0.717) is 12.3 Å². The molecule has 1 atom stereocenters. The third-order valence-corrected chi connectivity index (χ3v) is 6.24. The molecule has 4 nitrogen and oxygen atoms in total. The minimum absolute atomic E-state index is 0.0185. The topological polar surface area (TPSA) is 58.0 Å². The maximum Gasteiger partial charge on any atom is 0.287 e. The van der Waals surface area contributed by atoms with Crippen molar-refractivity contribution >= 4 is 27.8 Å². The lowest BCUT2D eigenvalue weighted by Gasteiger charge is -2.18. The van der Waals surface area contributed by atoms with Gasteiger partial charge in [-0.2, -0.15) is 0 Å². The van der Waals surface area contributed by atoms with Crippen molar-refractivity contribution in [3.8, 4) is 0 Å². The monoisotopic (exact) mass is 422 g/mol. The third-order valence-electron chi connectivity index (χ3n) is 6.24. The molecule has 2 aromatic heterocycles. The summed E-state index contributed by atoms with van der Waals surface area (Å²) in [5.74, 6) is 0.223. The second-order valence-electron chi connectivity index (χ2n) is 8.47. The van der Waals surface area contributed by atoms with E-state index in [1.54, 1.807) is 0 Å². The van der Waals surface area contributed by atoms with Crippen molar-refractivity contribution in [2.24, 2.45) is 0 Å². The summed E-state index contributed by atoms with van der Waals surface area (Å²) in [4.78, 5) is 16.6. The molecule has 0 fully saturated rings. The van der Waals surface area contributed by atoms with Gasteiger partial charge in [0, 0.05) is 40.5 Å². The quantitative estimate of drug-likeness (QED) is 0.344. The normalized spacial score (nSPS) is 12.3. The number of benzene rings is 3. The minimum Gasteiger partial charge on any atom is -0.451 e. The van der Waals surface area contributed by atoms with Gasteiger partial charge in [-0.25, -0.2) is 0 Å². The lowest BCUT2D eigenvalue weighted by Crippen LogP contribution is -2.29. The Hall–Kier alpha value is -3.79. The lowest BCUT2D eigenvalue weighted by atomic mass is 9.91. The first-order valence-electron chi connectivity index (χ1n) is 10.9. The maximum atomic E-state index is 13.2. The van der Waals surface area contributed by atoms with Gasteiger partial charge >= 0.3 is 0 Å².